The number of hydrogen-bond acceptors (Lipinski definition) is 4. The van der Waals surface area contributed by atoms with Crippen molar-refractivity contribution in [2.24, 2.45) is 0 Å². The number of nitriles is 1. The summed E-state index contributed by atoms with van der Waals surface area (Å²) in [5, 5.41) is 9.04. The zero-order chi connectivity index (χ0) is 12.1. The molecule has 0 atom stereocenters. The summed E-state index contributed by atoms with van der Waals surface area (Å²) in [6.07, 6.45) is 0.448. The summed E-state index contributed by atoms with van der Waals surface area (Å²) < 4.78 is 4.76. The molecular weight excluding hydrogens is 230 g/mol. The molecule has 1 aromatic carbocycles. The van der Waals surface area contributed by atoms with E-state index in [1.54, 1.807) is 13.0 Å². The van der Waals surface area contributed by atoms with Crippen molar-refractivity contribution < 1.29 is 14.3 Å². The van der Waals surface area contributed by atoms with Crippen LogP contribution in [0.15, 0.2) is 12.1 Å². The van der Waals surface area contributed by atoms with Crippen LogP contribution in [-0.4, -0.2) is 18.9 Å². The zero-order valence-electron chi connectivity index (χ0n) is 8.49. The first kappa shape index (κ1) is 12.2. The van der Waals surface area contributed by atoms with Gasteiger partial charge in [-0.05, 0) is 19.1 Å². The first-order valence-electron chi connectivity index (χ1n) is 4.50. The number of rotatable bonds is 3. The van der Waals surface area contributed by atoms with Gasteiger partial charge in [0.1, 0.15) is 6.07 Å². The molecule has 0 aromatic heterocycles. The number of carbonyl (C=O) groups excluding carboxylic acids is 2. The Morgan fingerprint density at radius 3 is 2.81 bits per heavy atom. The van der Waals surface area contributed by atoms with Crippen molar-refractivity contribution in [2.45, 2.75) is 6.92 Å². The van der Waals surface area contributed by atoms with Crippen LogP contribution in [0.25, 0.3) is 0 Å². The maximum absolute atomic E-state index is 11.5. The van der Waals surface area contributed by atoms with E-state index in [9.17, 15) is 9.59 Å². The minimum absolute atomic E-state index is 0.00900. The van der Waals surface area contributed by atoms with Crippen LogP contribution in [0.2, 0.25) is 5.02 Å². The van der Waals surface area contributed by atoms with Crippen LogP contribution in [-0.2, 0) is 4.74 Å². The maximum Gasteiger partial charge on any atom is 0.339 e. The zero-order valence-corrected chi connectivity index (χ0v) is 9.25. The molecule has 1 rings (SSSR count). The molecule has 1 aromatic rings. The molecule has 0 amide bonds. The molecule has 4 nitrogen and oxygen atoms in total. The van der Waals surface area contributed by atoms with Gasteiger partial charge in [0, 0.05) is 0 Å². The molecule has 0 aliphatic rings. The number of benzene rings is 1. The lowest BCUT2D eigenvalue weighted by atomic mass is 10.0. The predicted octanol–water partition coefficient (Wildman–Crippen LogP) is 2.20. The summed E-state index contributed by atoms with van der Waals surface area (Å²) >= 11 is 5.73. The average molecular weight is 238 g/mol. The Labute approximate surface area is 97.4 Å². The van der Waals surface area contributed by atoms with Crippen molar-refractivity contribution in [3.8, 4) is 6.07 Å². The van der Waals surface area contributed by atoms with Crippen LogP contribution in [0.3, 0.4) is 0 Å². The van der Waals surface area contributed by atoms with Crippen LogP contribution in [0.1, 0.15) is 33.2 Å². The maximum atomic E-state index is 11.5. The third-order valence-corrected chi connectivity index (χ3v) is 2.25. The second-order valence-corrected chi connectivity index (χ2v) is 3.24. The fourth-order valence-corrected chi connectivity index (χ4v) is 1.41. The first-order valence-corrected chi connectivity index (χ1v) is 4.88. The van der Waals surface area contributed by atoms with Gasteiger partial charge in [0.15, 0.2) is 6.29 Å². The van der Waals surface area contributed by atoms with E-state index < -0.39 is 5.97 Å². The molecule has 16 heavy (non-hydrogen) atoms. The van der Waals surface area contributed by atoms with Gasteiger partial charge in [-0.2, -0.15) is 5.26 Å². The molecule has 0 spiro atoms. The van der Waals surface area contributed by atoms with Crippen molar-refractivity contribution in [3.63, 3.8) is 0 Å². The van der Waals surface area contributed by atoms with Crippen LogP contribution in [0.4, 0.5) is 0 Å². The minimum atomic E-state index is -0.640. The van der Waals surface area contributed by atoms with Crippen molar-refractivity contribution in [3.05, 3.63) is 33.8 Å². The number of aldehydes is 1. The van der Waals surface area contributed by atoms with Gasteiger partial charge in [0.25, 0.3) is 0 Å². The summed E-state index contributed by atoms with van der Waals surface area (Å²) in [6, 6.07) is 4.53. The second-order valence-electron chi connectivity index (χ2n) is 2.83. The number of halogens is 1. The average Bonchev–Trinajstić information content (AvgIpc) is 2.28. The van der Waals surface area contributed by atoms with Crippen molar-refractivity contribution in [1.29, 1.82) is 5.26 Å². The molecule has 0 aliphatic heterocycles. The van der Waals surface area contributed by atoms with E-state index >= 15 is 0 Å². The van der Waals surface area contributed by atoms with E-state index in [-0.39, 0.29) is 28.3 Å². The summed E-state index contributed by atoms with van der Waals surface area (Å²) in [7, 11) is 0. The van der Waals surface area contributed by atoms with E-state index in [4.69, 9.17) is 21.6 Å². The molecule has 5 heteroatoms. The van der Waals surface area contributed by atoms with Crippen molar-refractivity contribution >= 4 is 23.9 Å². The number of carbonyl (C=O) groups is 2. The molecular formula is C11H8ClNO3. The first-order chi connectivity index (χ1) is 7.65. The van der Waals surface area contributed by atoms with Gasteiger partial charge < -0.3 is 4.74 Å². The molecule has 0 radical (unpaired) electrons. The lowest BCUT2D eigenvalue weighted by Gasteiger charge is -2.06. The summed E-state index contributed by atoms with van der Waals surface area (Å²) in [5.74, 6) is -0.640. The molecule has 0 heterocycles. The van der Waals surface area contributed by atoms with E-state index in [1.807, 2.05) is 0 Å². The topological polar surface area (TPSA) is 67.2 Å². The highest BCUT2D eigenvalue weighted by Crippen LogP contribution is 2.22. The van der Waals surface area contributed by atoms with Gasteiger partial charge in [-0.1, -0.05) is 11.6 Å². The summed E-state index contributed by atoms with van der Waals surface area (Å²) in [6.45, 7) is 1.85. The summed E-state index contributed by atoms with van der Waals surface area (Å²) in [5.41, 5.74) is 0.00604. The molecule has 0 bridgehead atoms. The fourth-order valence-electron chi connectivity index (χ4n) is 1.21. The second kappa shape index (κ2) is 5.29. The minimum Gasteiger partial charge on any atom is -0.462 e. The molecule has 82 valence electrons. The monoisotopic (exact) mass is 237 g/mol. The number of ether oxygens (including phenoxy) is 1. The van der Waals surface area contributed by atoms with Crippen LogP contribution < -0.4 is 0 Å². The molecule has 0 saturated carbocycles. The highest BCUT2D eigenvalue weighted by atomic mass is 35.5. The number of hydrogen-bond donors (Lipinski definition) is 0. The quantitative estimate of drug-likeness (QED) is 0.597. The smallest absolute Gasteiger partial charge is 0.339 e. The van der Waals surface area contributed by atoms with E-state index in [1.165, 1.54) is 12.1 Å². The van der Waals surface area contributed by atoms with Gasteiger partial charge in [-0.25, -0.2) is 4.79 Å². The van der Waals surface area contributed by atoms with Crippen LogP contribution >= 0.6 is 11.6 Å². The molecule has 0 aliphatic carbocycles. The molecule has 0 unspecified atom stereocenters. The highest BCUT2D eigenvalue weighted by molar-refractivity contribution is 6.33. The number of nitrogens with zero attached hydrogens (tertiary/aromatic N) is 1. The van der Waals surface area contributed by atoms with Gasteiger partial charge in [0.05, 0.1) is 28.3 Å². The highest BCUT2D eigenvalue weighted by Gasteiger charge is 2.17. The van der Waals surface area contributed by atoms with Gasteiger partial charge in [-0.3, -0.25) is 4.79 Å². The SMILES string of the molecule is CCOC(=O)c1ccc(Cl)c(C=O)c1C#N. The Balaban J connectivity index is 3.37. The Bertz CT molecular complexity index is 477. The predicted molar refractivity (Wildman–Crippen MR) is 57.5 cm³/mol. The van der Waals surface area contributed by atoms with Crippen LogP contribution in [0.5, 0.6) is 0 Å². The third kappa shape index (κ3) is 2.20. The van der Waals surface area contributed by atoms with Gasteiger partial charge in [0.2, 0.25) is 0 Å². The summed E-state index contributed by atoms with van der Waals surface area (Å²) in [4.78, 5) is 22.2. The Hall–Kier alpha value is -1.86. The van der Waals surface area contributed by atoms with Gasteiger partial charge >= 0.3 is 5.97 Å². The van der Waals surface area contributed by atoms with Crippen molar-refractivity contribution in [2.75, 3.05) is 6.61 Å². The molecule has 0 N–H and O–H groups in total. The van der Waals surface area contributed by atoms with Crippen LogP contribution in [0, 0.1) is 11.3 Å². The van der Waals surface area contributed by atoms with E-state index in [0.29, 0.717) is 6.29 Å². The van der Waals surface area contributed by atoms with Gasteiger partial charge in [-0.15, -0.1) is 0 Å². The standard InChI is InChI=1S/C11H8ClNO3/c1-2-16-11(15)7-3-4-10(12)9(6-14)8(7)5-13/h3-4,6H,2H2,1H3. The Morgan fingerprint density at radius 1 is 1.62 bits per heavy atom. The lowest BCUT2D eigenvalue weighted by Crippen LogP contribution is -2.08. The lowest BCUT2D eigenvalue weighted by molar-refractivity contribution is 0.0526. The van der Waals surface area contributed by atoms with E-state index in [0.717, 1.165) is 0 Å². The Kier molecular flexibility index (Phi) is 4.03. The normalized spacial score (nSPS) is 9.31. The van der Waals surface area contributed by atoms with E-state index in [2.05, 4.69) is 0 Å². The third-order valence-electron chi connectivity index (χ3n) is 1.92. The molecule has 0 fully saturated rings. The molecule has 0 saturated heterocycles. The number of esters is 1. The largest absolute Gasteiger partial charge is 0.462 e. The fraction of sp³-hybridized carbons (Fsp3) is 0.182. The van der Waals surface area contributed by atoms with Crippen molar-refractivity contribution in [1.82, 2.24) is 0 Å². The Morgan fingerprint density at radius 2 is 2.31 bits per heavy atom.